The van der Waals surface area contributed by atoms with E-state index >= 15 is 0 Å². The molecule has 0 radical (unpaired) electrons. The van der Waals surface area contributed by atoms with Crippen LogP contribution in [0.1, 0.15) is 0 Å². The summed E-state index contributed by atoms with van der Waals surface area (Å²) in [5, 5.41) is 0.934. The molecule has 15 heavy (non-hydrogen) atoms. The molecule has 78 valence electrons. The van der Waals surface area contributed by atoms with E-state index in [-0.39, 0.29) is 0 Å². The summed E-state index contributed by atoms with van der Waals surface area (Å²) in [5.41, 5.74) is 0.894. The minimum absolute atomic E-state index is 0.732. The summed E-state index contributed by atoms with van der Waals surface area (Å²) in [7, 11) is 3.24. The maximum atomic E-state index is 5.27. The molecule has 3 nitrogen and oxygen atoms in total. The van der Waals surface area contributed by atoms with E-state index in [9.17, 15) is 0 Å². The average Bonchev–Trinajstić information content (AvgIpc) is 2.28. The standard InChI is InChI=1S/C11H11NO2S/c1-13-7-5-8-10(15)3-4-12-11(8)9(6-7)14-2/h3-6H,1-2H3,(H,12,15). The first-order valence-electron chi connectivity index (χ1n) is 4.49. The van der Waals surface area contributed by atoms with Gasteiger partial charge in [-0.1, -0.05) is 12.2 Å². The van der Waals surface area contributed by atoms with Crippen LogP contribution in [0.2, 0.25) is 0 Å². The maximum Gasteiger partial charge on any atom is 0.146 e. The molecule has 1 aromatic carbocycles. The lowest BCUT2D eigenvalue weighted by Crippen LogP contribution is -1.90. The number of aromatic amines is 1. The average molecular weight is 221 g/mol. The number of hydrogen-bond donors (Lipinski definition) is 1. The molecular formula is C11H11NO2S. The van der Waals surface area contributed by atoms with Crippen molar-refractivity contribution in [3.8, 4) is 11.5 Å². The zero-order valence-electron chi connectivity index (χ0n) is 8.53. The van der Waals surface area contributed by atoms with Gasteiger partial charge in [-0.25, -0.2) is 0 Å². The third-order valence-electron chi connectivity index (χ3n) is 2.26. The Balaban J connectivity index is 2.87. The van der Waals surface area contributed by atoms with Crippen molar-refractivity contribution in [2.75, 3.05) is 14.2 Å². The molecule has 0 fully saturated rings. The zero-order valence-corrected chi connectivity index (χ0v) is 9.35. The number of rotatable bonds is 2. The fourth-order valence-corrected chi connectivity index (χ4v) is 1.73. The monoisotopic (exact) mass is 221 g/mol. The molecule has 0 bridgehead atoms. The Bertz CT molecular complexity index is 548. The predicted molar refractivity (Wildman–Crippen MR) is 62.2 cm³/mol. The van der Waals surface area contributed by atoms with Crippen molar-refractivity contribution in [1.29, 1.82) is 0 Å². The van der Waals surface area contributed by atoms with Crippen molar-refractivity contribution < 1.29 is 9.47 Å². The molecule has 0 saturated heterocycles. The molecule has 2 aromatic rings. The first-order chi connectivity index (χ1) is 7.26. The Morgan fingerprint density at radius 2 is 2.00 bits per heavy atom. The molecule has 0 aliphatic carbocycles. The Labute approximate surface area is 92.6 Å². The Hall–Kier alpha value is -1.55. The summed E-state index contributed by atoms with van der Waals surface area (Å²) >= 11 is 5.24. The fourth-order valence-electron chi connectivity index (χ4n) is 1.50. The third kappa shape index (κ3) is 1.68. The van der Waals surface area contributed by atoms with Crippen molar-refractivity contribution in [2.24, 2.45) is 0 Å². The number of hydrogen-bond acceptors (Lipinski definition) is 3. The highest BCUT2D eigenvalue weighted by Crippen LogP contribution is 2.29. The maximum absolute atomic E-state index is 5.27. The molecular weight excluding hydrogens is 210 g/mol. The Kier molecular flexibility index (Phi) is 2.60. The summed E-state index contributed by atoms with van der Waals surface area (Å²) in [6.45, 7) is 0. The van der Waals surface area contributed by atoms with E-state index in [0.717, 1.165) is 26.9 Å². The molecule has 0 amide bonds. The Morgan fingerprint density at radius 1 is 1.20 bits per heavy atom. The van der Waals surface area contributed by atoms with Crippen molar-refractivity contribution in [2.45, 2.75) is 0 Å². The van der Waals surface area contributed by atoms with E-state index in [0.29, 0.717) is 0 Å². The van der Waals surface area contributed by atoms with E-state index in [4.69, 9.17) is 21.7 Å². The summed E-state index contributed by atoms with van der Waals surface area (Å²) in [4.78, 5) is 3.12. The van der Waals surface area contributed by atoms with Crippen molar-refractivity contribution in [1.82, 2.24) is 4.98 Å². The number of methoxy groups -OCH3 is 2. The highest BCUT2D eigenvalue weighted by Gasteiger charge is 2.05. The van der Waals surface area contributed by atoms with Crippen LogP contribution in [0.25, 0.3) is 10.9 Å². The number of benzene rings is 1. The molecule has 0 saturated carbocycles. The molecule has 1 aromatic heterocycles. The highest BCUT2D eigenvalue weighted by molar-refractivity contribution is 7.71. The van der Waals surface area contributed by atoms with Crippen LogP contribution in [0, 0.1) is 4.51 Å². The van der Waals surface area contributed by atoms with Gasteiger partial charge in [0.1, 0.15) is 11.5 Å². The molecule has 1 N–H and O–H groups in total. The first kappa shape index (κ1) is 9.98. The van der Waals surface area contributed by atoms with Crippen LogP contribution in [-0.2, 0) is 0 Å². The van der Waals surface area contributed by atoms with Crippen molar-refractivity contribution >= 4 is 23.1 Å². The second kappa shape index (κ2) is 3.90. The number of H-pyrrole nitrogens is 1. The van der Waals surface area contributed by atoms with Gasteiger partial charge < -0.3 is 14.5 Å². The number of nitrogens with one attached hydrogen (secondary N) is 1. The predicted octanol–water partition coefficient (Wildman–Crippen LogP) is 2.91. The minimum atomic E-state index is 0.732. The Morgan fingerprint density at radius 3 is 2.67 bits per heavy atom. The van der Waals surface area contributed by atoms with Gasteiger partial charge >= 0.3 is 0 Å². The second-order valence-corrected chi connectivity index (χ2v) is 3.53. The van der Waals surface area contributed by atoms with Gasteiger partial charge in [-0.05, 0) is 12.1 Å². The van der Waals surface area contributed by atoms with Gasteiger partial charge in [-0.15, -0.1) is 0 Å². The quantitative estimate of drug-likeness (QED) is 0.792. The highest BCUT2D eigenvalue weighted by atomic mass is 32.1. The van der Waals surface area contributed by atoms with E-state index in [1.165, 1.54) is 0 Å². The number of ether oxygens (including phenoxy) is 2. The van der Waals surface area contributed by atoms with Crippen molar-refractivity contribution in [3.63, 3.8) is 0 Å². The summed E-state index contributed by atoms with van der Waals surface area (Å²) in [6, 6.07) is 5.57. The van der Waals surface area contributed by atoms with Crippen LogP contribution in [-0.4, -0.2) is 19.2 Å². The number of aromatic nitrogens is 1. The van der Waals surface area contributed by atoms with Gasteiger partial charge in [-0.3, -0.25) is 0 Å². The minimum Gasteiger partial charge on any atom is -0.497 e. The molecule has 1 heterocycles. The van der Waals surface area contributed by atoms with E-state index in [2.05, 4.69) is 4.98 Å². The normalized spacial score (nSPS) is 10.3. The molecule has 0 atom stereocenters. The second-order valence-electron chi connectivity index (χ2n) is 3.09. The first-order valence-corrected chi connectivity index (χ1v) is 4.90. The molecule has 0 spiro atoms. The lowest BCUT2D eigenvalue weighted by atomic mass is 10.2. The lowest BCUT2D eigenvalue weighted by molar-refractivity contribution is 0.397. The molecule has 4 heteroatoms. The largest absolute Gasteiger partial charge is 0.497 e. The van der Waals surface area contributed by atoms with E-state index in [1.807, 2.05) is 18.2 Å². The SMILES string of the molecule is COc1cc(OC)c2[nH]ccc(=S)c2c1. The summed E-state index contributed by atoms with van der Waals surface area (Å²) in [6.07, 6.45) is 1.81. The summed E-state index contributed by atoms with van der Waals surface area (Å²) < 4.78 is 11.2. The number of fused-ring (bicyclic) bond motifs is 1. The van der Waals surface area contributed by atoms with E-state index < -0.39 is 0 Å². The molecule has 2 rings (SSSR count). The van der Waals surface area contributed by atoms with Crippen LogP contribution in [0.5, 0.6) is 11.5 Å². The smallest absolute Gasteiger partial charge is 0.146 e. The fraction of sp³-hybridized carbons (Fsp3) is 0.182. The van der Waals surface area contributed by atoms with Crippen LogP contribution in [0.15, 0.2) is 24.4 Å². The van der Waals surface area contributed by atoms with E-state index in [1.54, 1.807) is 20.4 Å². The zero-order chi connectivity index (χ0) is 10.8. The van der Waals surface area contributed by atoms with Crippen LogP contribution in [0.3, 0.4) is 0 Å². The number of pyridine rings is 1. The van der Waals surface area contributed by atoms with Gasteiger partial charge in [0.25, 0.3) is 0 Å². The van der Waals surface area contributed by atoms with Gasteiger partial charge in [0.2, 0.25) is 0 Å². The lowest BCUT2D eigenvalue weighted by Gasteiger charge is -2.08. The van der Waals surface area contributed by atoms with Gasteiger partial charge in [0.05, 0.1) is 19.7 Å². The molecule has 0 aliphatic rings. The van der Waals surface area contributed by atoms with Crippen LogP contribution in [0.4, 0.5) is 0 Å². The van der Waals surface area contributed by atoms with Gasteiger partial charge in [0, 0.05) is 22.2 Å². The van der Waals surface area contributed by atoms with Gasteiger partial charge in [0.15, 0.2) is 0 Å². The third-order valence-corrected chi connectivity index (χ3v) is 2.62. The van der Waals surface area contributed by atoms with Crippen LogP contribution >= 0.6 is 12.2 Å². The topological polar surface area (TPSA) is 34.2 Å². The van der Waals surface area contributed by atoms with Gasteiger partial charge in [-0.2, -0.15) is 0 Å². The van der Waals surface area contributed by atoms with Crippen molar-refractivity contribution in [3.05, 3.63) is 28.9 Å². The van der Waals surface area contributed by atoms with Crippen LogP contribution < -0.4 is 9.47 Å². The molecule has 0 unspecified atom stereocenters. The molecule has 0 aliphatic heterocycles. The summed E-state index contributed by atoms with van der Waals surface area (Å²) in [5.74, 6) is 1.47.